The molecule has 5 nitrogen and oxygen atoms in total. The van der Waals surface area contributed by atoms with Gasteiger partial charge >= 0.3 is 6.43 Å². The number of aromatic nitrogens is 3. The summed E-state index contributed by atoms with van der Waals surface area (Å²) in [6.07, 6.45) is 4.76. The standard InChI is InChI=1S/C19H19F2N3O2/c20-16(21)18-24-23-17(26-18)9-1-2-13(22-7-9)8-25-15-10-3-11-4-12-5-14(15)19(11,12)6-10/h1-2,7,10-12,14-16H,3-6,8H2. The van der Waals surface area contributed by atoms with Gasteiger partial charge in [0.25, 0.3) is 5.89 Å². The van der Waals surface area contributed by atoms with Crippen LogP contribution in [0.3, 0.4) is 0 Å². The van der Waals surface area contributed by atoms with Gasteiger partial charge in [-0.2, -0.15) is 8.78 Å². The first-order valence-electron chi connectivity index (χ1n) is 9.33. The van der Waals surface area contributed by atoms with Crippen molar-refractivity contribution in [2.45, 2.75) is 44.8 Å². The number of alkyl halides is 2. The van der Waals surface area contributed by atoms with Crippen LogP contribution in [0.2, 0.25) is 0 Å². The predicted octanol–water partition coefficient (Wildman–Crippen LogP) is 4.02. The number of rotatable bonds is 5. The fourth-order valence-corrected chi connectivity index (χ4v) is 6.47. The molecule has 26 heavy (non-hydrogen) atoms. The fourth-order valence-electron chi connectivity index (χ4n) is 6.47. The van der Waals surface area contributed by atoms with E-state index in [1.54, 1.807) is 12.3 Å². The third kappa shape index (κ3) is 1.84. The van der Waals surface area contributed by atoms with Crippen molar-refractivity contribution in [1.82, 2.24) is 15.2 Å². The van der Waals surface area contributed by atoms with Crippen molar-refractivity contribution in [1.29, 1.82) is 0 Å². The molecule has 1 spiro atoms. The first kappa shape index (κ1) is 15.2. The van der Waals surface area contributed by atoms with Crippen molar-refractivity contribution in [3.05, 3.63) is 29.9 Å². The summed E-state index contributed by atoms with van der Waals surface area (Å²) in [5.74, 6) is 2.88. The lowest BCUT2D eigenvalue weighted by Gasteiger charge is -2.67. The highest BCUT2D eigenvalue weighted by Crippen LogP contribution is 2.81. The number of nitrogens with zero attached hydrogens (tertiary/aromatic N) is 3. The highest BCUT2D eigenvalue weighted by Gasteiger charge is 2.76. The smallest absolute Gasteiger partial charge is 0.314 e. The van der Waals surface area contributed by atoms with Crippen LogP contribution in [-0.4, -0.2) is 21.3 Å². The number of pyridine rings is 1. The Morgan fingerprint density at radius 3 is 2.77 bits per heavy atom. The molecule has 2 bridgehead atoms. The van der Waals surface area contributed by atoms with Crippen LogP contribution in [0.1, 0.15) is 43.7 Å². The Morgan fingerprint density at radius 2 is 2.08 bits per heavy atom. The van der Waals surface area contributed by atoms with Gasteiger partial charge < -0.3 is 9.15 Å². The average molecular weight is 359 g/mol. The maximum Gasteiger partial charge on any atom is 0.314 e. The Balaban J connectivity index is 1.12. The van der Waals surface area contributed by atoms with E-state index in [9.17, 15) is 8.78 Å². The second-order valence-electron chi connectivity index (χ2n) is 8.34. The van der Waals surface area contributed by atoms with Crippen molar-refractivity contribution >= 4 is 0 Å². The zero-order valence-corrected chi connectivity index (χ0v) is 14.1. The molecular weight excluding hydrogens is 340 g/mol. The molecular formula is C19H19F2N3O2. The lowest BCUT2D eigenvalue weighted by molar-refractivity contribution is -0.218. The summed E-state index contributed by atoms with van der Waals surface area (Å²) < 4.78 is 36.3. The van der Waals surface area contributed by atoms with E-state index in [-0.39, 0.29) is 5.89 Å². The number of ether oxygens (including phenoxy) is 1. The summed E-state index contributed by atoms with van der Waals surface area (Å²) in [6, 6.07) is 3.60. The van der Waals surface area contributed by atoms with Crippen LogP contribution in [0, 0.1) is 29.1 Å². The molecule has 4 aliphatic carbocycles. The first-order chi connectivity index (χ1) is 12.6. The molecule has 4 saturated carbocycles. The average Bonchev–Trinajstić information content (AvgIpc) is 3.30. The van der Waals surface area contributed by atoms with E-state index in [4.69, 9.17) is 9.15 Å². The molecule has 6 atom stereocenters. The van der Waals surface area contributed by atoms with Gasteiger partial charge in [0, 0.05) is 6.20 Å². The molecule has 0 N–H and O–H groups in total. The van der Waals surface area contributed by atoms with Crippen LogP contribution >= 0.6 is 0 Å². The normalized spacial score (nSPS) is 39.0. The topological polar surface area (TPSA) is 61.0 Å². The van der Waals surface area contributed by atoms with Crippen molar-refractivity contribution in [3.63, 3.8) is 0 Å². The van der Waals surface area contributed by atoms with Crippen LogP contribution in [0.4, 0.5) is 8.78 Å². The van der Waals surface area contributed by atoms with E-state index in [2.05, 4.69) is 15.2 Å². The largest absolute Gasteiger partial charge is 0.415 e. The molecule has 2 heterocycles. The first-order valence-corrected chi connectivity index (χ1v) is 9.33. The van der Waals surface area contributed by atoms with E-state index >= 15 is 0 Å². The van der Waals surface area contributed by atoms with Crippen LogP contribution in [0.15, 0.2) is 22.7 Å². The third-order valence-corrected chi connectivity index (χ3v) is 7.50. The minimum atomic E-state index is -2.76. The lowest BCUT2D eigenvalue weighted by Crippen LogP contribution is -2.62. The number of hydrogen-bond donors (Lipinski definition) is 0. The van der Waals surface area contributed by atoms with E-state index in [1.165, 1.54) is 25.7 Å². The molecule has 6 unspecified atom stereocenters. The van der Waals surface area contributed by atoms with Gasteiger partial charge in [-0.25, -0.2) is 0 Å². The van der Waals surface area contributed by atoms with Gasteiger partial charge in [0.15, 0.2) is 0 Å². The van der Waals surface area contributed by atoms with Gasteiger partial charge in [-0.15, -0.1) is 10.2 Å². The van der Waals surface area contributed by atoms with Crippen LogP contribution in [-0.2, 0) is 11.3 Å². The van der Waals surface area contributed by atoms with Gasteiger partial charge in [0.1, 0.15) is 0 Å². The lowest BCUT2D eigenvalue weighted by atomic mass is 9.38. The Morgan fingerprint density at radius 1 is 1.19 bits per heavy atom. The van der Waals surface area contributed by atoms with Crippen LogP contribution in [0.5, 0.6) is 0 Å². The summed E-state index contributed by atoms with van der Waals surface area (Å²) in [7, 11) is 0. The molecule has 2 aromatic heterocycles. The van der Waals surface area contributed by atoms with Crippen molar-refractivity contribution in [2.75, 3.05) is 0 Å². The van der Waals surface area contributed by atoms with Gasteiger partial charge in [-0.1, -0.05) is 0 Å². The van der Waals surface area contributed by atoms with E-state index in [1.807, 2.05) is 6.07 Å². The Labute approximate surface area is 149 Å². The Kier molecular flexibility index (Phi) is 2.98. The highest BCUT2D eigenvalue weighted by atomic mass is 19.3. The minimum Gasteiger partial charge on any atom is -0.415 e. The van der Waals surface area contributed by atoms with Crippen LogP contribution in [0.25, 0.3) is 11.5 Å². The van der Waals surface area contributed by atoms with E-state index in [0.29, 0.717) is 23.7 Å². The van der Waals surface area contributed by atoms with E-state index in [0.717, 1.165) is 29.4 Å². The third-order valence-electron chi connectivity index (χ3n) is 7.50. The zero-order valence-electron chi connectivity index (χ0n) is 14.1. The van der Waals surface area contributed by atoms with Crippen molar-refractivity contribution in [3.8, 4) is 11.5 Å². The number of fused-ring (bicyclic) bond motifs is 1. The highest BCUT2D eigenvalue weighted by molar-refractivity contribution is 5.50. The quantitative estimate of drug-likeness (QED) is 0.807. The van der Waals surface area contributed by atoms with Crippen molar-refractivity contribution in [2.24, 2.45) is 29.1 Å². The van der Waals surface area contributed by atoms with Gasteiger partial charge in [-0.05, 0) is 66.9 Å². The zero-order chi connectivity index (χ0) is 17.5. The molecule has 4 fully saturated rings. The Hall–Kier alpha value is -1.89. The van der Waals surface area contributed by atoms with Gasteiger partial charge in [0.05, 0.1) is 24.0 Å². The molecule has 0 saturated heterocycles. The second kappa shape index (κ2) is 5.09. The number of hydrogen-bond acceptors (Lipinski definition) is 5. The van der Waals surface area contributed by atoms with E-state index < -0.39 is 12.3 Å². The summed E-state index contributed by atoms with van der Waals surface area (Å²) in [5.41, 5.74) is 2.03. The fraction of sp³-hybridized carbons (Fsp3) is 0.632. The summed E-state index contributed by atoms with van der Waals surface area (Å²) in [5, 5.41) is 6.98. The molecule has 0 radical (unpaired) electrons. The minimum absolute atomic E-state index is 0.0593. The van der Waals surface area contributed by atoms with Crippen LogP contribution < -0.4 is 0 Å². The maximum absolute atomic E-state index is 12.5. The molecule has 6 rings (SSSR count). The number of halogens is 2. The molecule has 136 valence electrons. The summed E-state index contributed by atoms with van der Waals surface area (Å²) >= 11 is 0. The molecule has 0 aliphatic heterocycles. The maximum atomic E-state index is 12.5. The molecule has 4 aliphatic rings. The second-order valence-corrected chi connectivity index (χ2v) is 8.34. The molecule has 7 heteroatoms. The summed E-state index contributed by atoms with van der Waals surface area (Å²) in [6.45, 7) is 0.496. The monoisotopic (exact) mass is 359 g/mol. The predicted molar refractivity (Wildman–Crippen MR) is 85.9 cm³/mol. The summed E-state index contributed by atoms with van der Waals surface area (Å²) in [4.78, 5) is 4.38. The SMILES string of the molecule is FC(F)c1nnc(-c2ccc(COC3C4CC5CC6CC3C56C4)nc2)o1. The van der Waals surface area contributed by atoms with Gasteiger partial charge in [-0.3, -0.25) is 4.98 Å². The Bertz CT molecular complexity index is 855. The molecule has 0 amide bonds. The molecule has 0 aromatic carbocycles. The molecule has 2 aromatic rings. The van der Waals surface area contributed by atoms with Gasteiger partial charge in [0.2, 0.25) is 5.89 Å². The van der Waals surface area contributed by atoms with Crippen molar-refractivity contribution < 1.29 is 17.9 Å².